The predicted molar refractivity (Wildman–Crippen MR) is 383 cm³/mol. The number of methoxy groups -OCH3 is 2. The smallest absolute Gasteiger partial charge is 0.489 e. The van der Waals surface area contributed by atoms with Gasteiger partial charge >= 0.3 is 7.12 Å². The number of furan rings is 2. The van der Waals surface area contributed by atoms with Gasteiger partial charge in [-0.05, 0) is 176 Å². The summed E-state index contributed by atoms with van der Waals surface area (Å²) in [5.74, 6) is 1.83. The zero-order valence-electron chi connectivity index (χ0n) is 50.9. The number of hydrogen-bond acceptors (Lipinski definition) is 9. The third-order valence-corrected chi connectivity index (χ3v) is 21.6. The number of allylic oxidation sites excluding steroid dienone is 3. The van der Waals surface area contributed by atoms with Gasteiger partial charge in [-0.15, -0.1) is 6.58 Å². The highest BCUT2D eigenvalue weighted by Gasteiger charge is 2.51. The van der Waals surface area contributed by atoms with Gasteiger partial charge in [0.15, 0.2) is 5.58 Å². The summed E-state index contributed by atoms with van der Waals surface area (Å²) < 4.78 is 36.4. The number of rotatable bonds is 10. The standard InChI is InChI=1S/C26H35O2P.C18H17NO.C12H7Br2NO.C9H17BO2.C7H6O.2CH4/c1-27-23-17-11-18-24(28-2)26(23)22-16-9-10-19-25(22)29(20-12-5-3-6-13-20)21-14-7-4-8-15-21;1-10(2)13-9-14-12-7-5-6-8-15(12)20-18(14)16(11(3)4)17(13)19;13-8-5-7-6-3-1-2-4-9(6)16-12(7)10(14)11(8)15;1-7(2)10-11-8(3,4)9(5,6)12-10;8-6-7-4-2-1-3-5-7;;/h9-11,16-21H,3-8,12-15H2,1-2H3;5-9H,1,3,19H2,2,4H3;1-5H,15H2;1H2,2-6H3;1-6H;2*1H4. The third kappa shape index (κ3) is 15.9. The first-order chi connectivity index (χ1) is 40.7. The van der Waals surface area contributed by atoms with Crippen molar-refractivity contribution < 1.29 is 32.4 Å². The minimum absolute atomic E-state index is 0. The number of ether oxygens (including phenoxy) is 2. The normalized spacial score (nSPS) is 15.2. The van der Waals surface area contributed by atoms with Crippen molar-refractivity contribution >= 4 is 125 Å². The Morgan fingerprint density at radius 2 is 1.07 bits per heavy atom. The quantitative estimate of drug-likeness (QED) is 0.0594. The van der Waals surface area contributed by atoms with Crippen molar-refractivity contribution in [2.45, 2.75) is 150 Å². The van der Waals surface area contributed by atoms with Crippen molar-refractivity contribution in [3.63, 3.8) is 0 Å². The summed E-state index contributed by atoms with van der Waals surface area (Å²) in [5, 5.41) is 5.89. The molecule has 460 valence electrons. The maximum Gasteiger partial charge on any atom is 0.489 e. The molecule has 3 aliphatic rings. The highest BCUT2D eigenvalue weighted by molar-refractivity contribution is 9.11. The molecule has 1 aliphatic heterocycles. The van der Waals surface area contributed by atoms with Crippen LogP contribution in [0.15, 0.2) is 176 Å². The van der Waals surface area contributed by atoms with Gasteiger partial charge in [-0.3, -0.25) is 4.79 Å². The van der Waals surface area contributed by atoms with E-state index in [9.17, 15) is 4.79 Å². The van der Waals surface area contributed by atoms with E-state index in [2.05, 4.69) is 100 Å². The van der Waals surface area contributed by atoms with Crippen molar-refractivity contribution in [2.24, 2.45) is 0 Å². The predicted octanol–water partition coefficient (Wildman–Crippen LogP) is 22.0. The first-order valence-corrected chi connectivity index (χ1v) is 32.5. The van der Waals surface area contributed by atoms with E-state index in [1.165, 1.54) is 69.8 Å². The van der Waals surface area contributed by atoms with E-state index in [1.54, 1.807) is 31.7 Å². The molecule has 0 radical (unpaired) electrons. The first kappa shape index (κ1) is 69.7. The summed E-state index contributed by atoms with van der Waals surface area (Å²) in [6.45, 7) is 25.8. The maximum absolute atomic E-state index is 10.0. The molecule has 9 aromatic rings. The molecule has 7 aromatic carbocycles. The number of anilines is 2. The van der Waals surface area contributed by atoms with Crippen LogP contribution in [0.1, 0.15) is 149 Å². The van der Waals surface area contributed by atoms with Gasteiger partial charge in [0.05, 0.1) is 46.8 Å². The Labute approximate surface area is 536 Å². The van der Waals surface area contributed by atoms with Crippen LogP contribution in [0, 0.1) is 0 Å². The Morgan fingerprint density at radius 1 is 0.598 bits per heavy atom. The molecule has 1 saturated heterocycles. The Bertz CT molecular complexity index is 3760. The zero-order valence-corrected chi connectivity index (χ0v) is 55.0. The molecule has 3 heterocycles. The summed E-state index contributed by atoms with van der Waals surface area (Å²) in [6, 6.07) is 44.4. The number of halogens is 2. The van der Waals surface area contributed by atoms with Crippen LogP contribution in [0.5, 0.6) is 11.5 Å². The molecule has 0 bridgehead atoms. The maximum atomic E-state index is 10.0. The van der Waals surface area contributed by atoms with E-state index < -0.39 is 0 Å². The number of para-hydroxylation sites is 2. The molecule has 0 atom stereocenters. The second-order valence-corrected chi connectivity index (χ2v) is 27.7. The number of hydrogen-bond donors (Lipinski definition) is 2. The van der Waals surface area contributed by atoms with Crippen molar-refractivity contribution in [1.29, 1.82) is 0 Å². The Morgan fingerprint density at radius 3 is 1.53 bits per heavy atom. The molecule has 0 spiro atoms. The lowest BCUT2D eigenvalue weighted by molar-refractivity contribution is 0.00578. The molecule has 13 heteroatoms. The summed E-state index contributed by atoms with van der Waals surface area (Å²) >= 11 is 6.90. The van der Waals surface area contributed by atoms with Gasteiger partial charge in [0.25, 0.3) is 0 Å². The molecule has 2 saturated carbocycles. The highest BCUT2D eigenvalue weighted by Crippen LogP contribution is 2.57. The van der Waals surface area contributed by atoms with E-state index in [4.69, 9.17) is 39.1 Å². The van der Waals surface area contributed by atoms with Gasteiger partial charge in [-0.25, -0.2) is 0 Å². The number of nitrogen functional groups attached to an aromatic ring is 2. The number of aldehydes is 1. The van der Waals surface area contributed by atoms with Gasteiger partial charge < -0.3 is 39.1 Å². The van der Waals surface area contributed by atoms with E-state index in [0.29, 0.717) is 11.4 Å². The lowest BCUT2D eigenvalue weighted by atomic mass is 9.81. The molecule has 9 nitrogen and oxygen atoms in total. The van der Waals surface area contributed by atoms with Gasteiger partial charge in [0, 0.05) is 42.7 Å². The fourth-order valence-corrected chi connectivity index (χ4v) is 16.6. The first-order valence-electron chi connectivity index (χ1n) is 29.4. The molecule has 4 N–H and O–H groups in total. The largest absolute Gasteiger partial charge is 0.496 e. The number of carbonyl (C=O) groups excluding carboxylic acids is 1. The molecule has 0 amide bonds. The molecular formula is C74H90BBr2N2O7P. The second-order valence-electron chi connectivity index (χ2n) is 23.3. The van der Waals surface area contributed by atoms with Crippen LogP contribution in [-0.4, -0.2) is 50.1 Å². The Hall–Kier alpha value is -6.40. The lowest BCUT2D eigenvalue weighted by Gasteiger charge is -2.39. The monoisotopic (exact) mass is 1320 g/mol. The van der Waals surface area contributed by atoms with Crippen LogP contribution >= 0.6 is 39.8 Å². The van der Waals surface area contributed by atoms with Crippen LogP contribution < -0.4 is 26.2 Å². The molecule has 87 heavy (non-hydrogen) atoms. The molecule has 12 rings (SSSR count). The lowest BCUT2D eigenvalue weighted by Crippen LogP contribution is -2.41. The van der Waals surface area contributed by atoms with Gasteiger partial charge in [-0.2, -0.15) is 0 Å². The Kier molecular flexibility index (Phi) is 25.0. The average molecular weight is 1320 g/mol. The van der Waals surface area contributed by atoms with E-state index in [1.807, 2.05) is 121 Å². The summed E-state index contributed by atoms with van der Waals surface area (Å²) in [7, 11) is 3.12. The van der Waals surface area contributed by atoms with E-state index >= 15 is 0 Å². The number of carbonyl (C=O) groups is 1. The summed E-state index contributed by atoms with van der Waals surface area (Å²) in [5.41, 5.74) is 26.0. The average Bonchev–Trinajstić information content (AvgIpc) is 2.16. The molecule has 2 aromatic heterocycles. The van der Waals surface area contributed by atoms with Crippen molar-refractivity contribution in [2.75, 3.05) is 25.7 Å². The van der Waals surface area contributed by atoms with Crippen LogP contribution in [0.25, 0.3) is 66.2 Å². The minimum Gasteiger partial charge on any atom is -0.496 e. The topological polar surface area (TPSA) is 132 Å². The SMILES string of the molecule is C.C.C=C(C)B1OC(C)(C)C(C)(C)O1.C=C(C)c1cc2c(oc3ccccc32)c(C(=C)C)c1N.COc1cccc(OC)c1-c1ccccc1P(C1CCCCC1)C1CCCCC1.Nc1c(Br)cc2c(oc3ccccc32)c1Br.O=Cc1ccccc1. The third-order valence-electron chi connectivity index (χ3n) is 16.6. The fraction of sp³-hybridized carbons (Fsp3) is 0.338. The Balaban J connectivity index is 0.000000183. The minimum atomic E-state index is -0.241. The van der Waals surface area contributed by atoms with Crippen molar-refractivity contribution in [3.8, 4) is 22.6 Å². The van der Waals surface area contributed by atoms with Crippen LogP contribution in [-0.2, 0) is 9.31 Å². The van der Waals surface area contributed by atoms with Crippen LogP contribution in [0.3, 0.4) is 0 Å². The van der Waals surface area contributed by atoms with Gasteiger partial charge in [0.1, 0.15) is 34.5 Å². The molecular weight excluding hydrogens is 1230 g/mol. The van der Waals surface area contributed by atoms with Gasteiger partial charge in [0.2, 0.25) is 0 Å². The second kappa shape index (κ2) is 31.2. The van der Waals surface area contributed by atoms with Crippen molar-refractivity contribution in [3.05, 3.63) is 184 Å². The molecule has 0 unspecified atom stereocenters. The number of benzene rings is 7. The van der Waals surface area contributed by atoms with Crippen LogP contribution in [0.4, 0.5) is 11.4 Å². The van der Waals surface area contributed by atoms with E-state index in [-0.39, 0.29) is 41.1 Å². The molecule has 3 fully saturated rings. The van der Waals surface area contributed by atoms with E-state index in [0.717, 1.165) is 121 Å². The number of fused-ring (bicyclic) bond motifs is 6. The summed E-state index contributed by atoms with van der Waals surface area (Å²) in [6.07, 6.45) is 15.0. The van der Waals surface area contributed by atoms with Crippen molar-refractivity contribution in [1.82, 2.24) is 0 Å². The molecule has 2 aliphatic carbocycles. The number of nitrogens with two attached hydrogens (primary N) is 2. The fourth-order valence-electron chi connectivity index (χ4n) is 11.5. The highest BCUT2D eigenvalue weighted by atomic mass is 79.9. The summed E-state index contributed by atoms with van der Waals surface area (Å²) in [4.78, 5) is 10.0. The van der Waals surface area contributed by atoms with Gasteiger partial charge in [-0.1, -0.05) is 177 Å². The van der Waals surface area contributed by atoms with Crippen LogP contribution in [0.2, 0.25) is 0 Å². The zero-order chi connectivity index (χ0) is 61.2.